The summed E-state index contributed by atoms with van der Waals surface area (Å²) in [6.45, 7) is 0.579. The molecule has 0 saturated carbocycles. The van der Waals surface area contributed by atoms with Crippen LogP contribution in [0.1, 0.15) is 24.4 Å². The number of nitrogens with zero attached hydrogens (tertiary/aromatic N) is 1. The fourth-order valence-corrected chi connectivity index (χ4v) is 3.58. The smallest absolute Gasteiger partial charge is 0.211 e. The molecule has 1 atom stereocenters. The summed E-state index contributed by atoms with van der Waals surface area (Å²) < 4.78 is 30.0. The maximum atomic E-state index is 11.7. The minimum atomic E-state index is -3.17. The fourth-order valence-electron chi connectivity index (χ4n) is 2.43. The molecule has 0 spiro atoms. The predicted molar refractivity (Wildman–Crippen MR) is 70.9 cm³/mol. The first-order chi connectivity index (χ1) is 8.43. The quantitative estimate of drug-likeness (QED) is 0.842. The SMILES string of the molecule is COc1ccc(C2CCCN2S(C)(=O)=O)cc1N. The third-order valence-corrected chi connectivity index (χ3v) is 4.56. The van der Waals surface area contributed by atoms with Gasteiger partial charge in [-0.25, -0.2) is 8.42 Å². The molecule has 2 rings (SSSR count). The van der Waals surface area contributed by atoms with Crippen LogP contribution in [0.5, 0.6) is 5.75 Å². The van der Waals surface area contributed by atoms with E-state index in [2.05, 4.69) is 0 Å². The zero-order valence-corrected chi connectivity index (χ0v) is 11.4. The van der Waals surface area contributed by atoms with Gasteiger partial charge in [-0.2, -0.15) is 4.31 Å². The molecule has 1 aliphatic heterocycles. The van der Waals surface area contributed by atoms with Crippen molar-refractivity contribution in [3.05, 3.63) is 23.8 Å². The molecule has 6 heteroatoms. The molecule has 0 amide bonds. The van der Waals surface area contributed by atoms with E-state index in [1.807, 2.05) is 6.07 Å². The Bertz CT molecular complexity index is 542. The molecule has 100 valence electrons. The van der Waals surface area contributed by atoms with E-state index in [0.717, 1.165) is 18.4 Å². The van der Waals surface area contributed by atoms with Crippen LogP contribution < -0.4 is 10.5 Å². The zero-order chi connectivity index (χ0) is 13.3. The van der Waals surface area contributed by atoms with Gasteiger partial charge in [0.05, 0.1) is 19.1 Å². The first-order valence-corrected chi connectivity index (χ1v) is 7.68. The van der Waals surface area contributed by atoms with E-state index >= 15 is 0 Å². The van der Waals surface area contributed by atoms with Gasteiger partial charge in [-0.15, -0.1) is 0 Å². The number of rotatable bonds is 3. The Hall–Kier alpha value is -1.27. The average molecular weight is 270 g/mol. The van der Waals surface area contributed by atoms with E-state index in [0.29, 0.717) is 18.0 Å². The van der Waals surface area contributed by atoms with Gasteiger partial charge in [-0.3, -0.25) is 0 Å². The Morgan fingerprint density at radius 3 is 2.72 bits per heavy atom. The highest BCUT2D eigenvalue weighted by Gasteiger charge is 2.32. The number of benzene rings is 1. The van der Waals surface area contributed by atoms with Crippen LogP contribution in [-0.2, 0) is 10.0 Å². The second kappa shape index (κ2) is 4.78. The number of anilines is 1. The van der Waals surface area contributed by atoms with E-state index in [-0.39, 0.29) is 6.04 Å². The van der Waals surface area contributed by atoms with Crippen LogP contribution in [0, 0.1) is 0 Å². The van der Waals surface area contributed by atoms with Gasteiger partial charge in [-0.1, -0.05) is 6.07 Å². The van der Waals surface area contributed by atoms with Crippen molar-refractivity contribution >= 4 is 15.7 Å². The third-order valence-electron chi connectivity index (χ3n) is 3.27. The predicted octanol–water partition coefficient (Wildman–Crippen LogP) is 1.37. The Kier molecular flexibility index (Phi) is 3.49. The summed E-state index contributed by atoms with van der Waals surface area (Å²) in [4.78, 5) is 0. The lowest BCUT2D eigenvalue weighted by atomic mass is 10.0. The normalized spacial score (nSPS) is 21.1. The third kappa shape index (κ3) is 2.44. The highest BCUT2D eigenvalue weighted by Crippen LogP contribution is 2.36. The lowest BCUT2D eigenvalue weighted by Crippen LogP contribution is -2.29. The van der Waals surface area contributed by atoms with Gasteiger partial charge in [-0.05, 0) is 30.5 Å². The minimum absolute atomic E-state index is 0.104. The maximum absolute atomic E-state index is 11.7. The molecular weight excluding hydrogens is 252 g/mol. The molecule has 0 bridgehead atoms. The van der Waals surface area contributed by atoms with Gasteiger partial charge in [0.25, 0.3) is 0 Å². The minimum Gasteiger partial charge on any atom is -0.495 e. The highest BCUT2D eigenvalue weighted by molar-refractivity contribution is 7.88. The molecule has 1 aromatic rings. The highest BCUT2D eigenvalue weighted by atomic mass is 32.2. The lowest BCUT2D eigenvalue weighted by molar-refractivity contribution is 0.398. The van der Waals surface area contributed by atoms with Crippen LogP contribution in [0.3, 0.4) is 0 Å². The second-order valence-electron chi connectivity index (χ2n) is 4.53. The van der Waals surface area contributed by atoms with Gasteiger partial charge in [0, 0.05) is 12.6 Å². The topological polar surface area (TPSA) is 72.6 Å². The Morgan fingerprint density at radius 1 is 1.44 bits per heavy atom. The van der Waals surface area contributed by atoms with Crippen molar-refractivity contribution in [1.29, 1.82) is 0 Å². The number of sulfonamides is 1. The number of hydrogen-bond acceptors (Lipinski definition) is 4. The second-order valence-corrected chi connectivity index (χ2v) is 6.47. The molecule has 1 heterocycles. The number of hydrogen-bond donors (Lipinski definition) is 1. The van der Waals surface area contributed by atoms with Crippen LogP contribution in [-0.4, -0.2) is 32.6 Å². The molecule has 0 aromatic heterocycles. The zero-order valence-electron chi connectivity index (χ0n) is 10.6. The van der Waals surface area contributed by atoms with Crippen LogP contribution in [0.4, 0.5) is 5.69 Å². The number of nitrogen functional groups attached to an aromatic ring is 1. The van der Waals surface area contributed by atoms with Gasteiger partial charge < -0.3 is 10.5 Å². The Morgan fingerprint density at radius 2 is 2.17 bits per heavy atom. The summed E-state index contributed by atoms with van der Waals surface area (Å²) >= 11 is 0. The first kappa shape index (κ1) is 13.2. The largest absolute Gasteiger partial charge is 0.495 e. The molecular formula is C12H18N2O3S. The molecule has 5 nitrogen and oxygen atoms in total. The molecule has 0 aliphatic carbocycles. The molecule has 1 aromatic carbocycles. The standard InChI is InChI=1S/C12H18N2O3S/c1-17-12-6-5-9(8-10(12)13)11-4-3-7-14(11)18(2,15)16/h5-6,8,11H,3-4,7,13H2,1-2H3. The monoisotopic (exact) mass is 270 g/mol. The number of nitrogens with two attached hydrogens (primary N) is 1. The lowest BCUT2D eigenvalue weighted by Gasteiger charge is -2.23. The van der Waals surface area contributed by atoms with Crippen molar-refractivity contribution < 1.29 is 13.2 Å². The van der Waals surface area contributed by atoms with Crippen LogP contribution in [0.25, 0.3) is 0 Å². The molecule has 1 saturated heterocycles. The summed E-state index contributed by atoms with van der Waals surface area (Å²) in [6, 6.07) is 5.35. The molecule has 1 fully saturated rings. The van der Waals surface area contributed by atoms with E-state index in [9.17, 15) is 8.42 Å². The van der Waals surface area contributed by atoms with E-state index in [1.54, 1.807) is 19.2 Å². The molecule has 0 radical (unpaired) electrons. The first-order valence-electron chi connectivity index (χ1n) is 5.83. The van der Waals surface area contributed by atoms with E-state index in [4.69, 9.17) is 10.5 Å². The van der Waals surface area contributed by atoms with Crippen molar-refractivity contribution in [2.75, 3.05) is 25.6 Å². The van der Waals surface area contributed by atoms with E-state index in [1.165, 1.54) is 10.6 Å². The molecule has 1 unspecified atom stereocenters. The summed E-state index contributed by atoms with van der Waals surface area (Å²) in [5, 5.41) is 0. The molecule has 1 aliphatic rings. The summed E-state index contributed by atoms with van der Waals surface area (Å²) in [6.07, 6.45) is 2.96. The van der Waals surface area contributed by atoms with Crippen molar-refractivity contribution in [2.45, 2.75) is 18.9 Å². The Labute approximate surface area is 108 Å². The van der Waals surface area contributed by atoms with Crippen LogP contribution >= 0.6 is 0 Å². The maximum Gasteiger partial charge on any atom is 0.211 e. The molecule has 2 N–H and O–H groups in total. The Balaban J connectivity index is 2.34. The van der Waals surface area contributed by atoms with Crippen molar-refractivity contribution in [1.82, 2.24) is 4.31 Å². The van der Waals surface area contributed by atoms with Crippen molar-refractivity contribution in [3.63, 3.8) is 0 Å². The fraction of sp³-hybridized carbons (Fsp3) is 0.500. The van der Waals surface area contributed by atoms with Crippen LogP contribution in [0.15, 0.2) is 18.2 Å². The van der Waals surface area contributed by atoms with Gasteiger partial charge in [0.1, 0.15) is 5.75 Å². The van der Waals surface area contributed by atoms with Gasteiger partial charge >= 0.3 is 0 Å². The molecule has 18 heavy (non-hydrogen) atoms. The number of ether oxygens (including phenoxy) is 1. The summed E-state index contributed by atoms with van der Waals surface area (Å²) in [5.74, 6) is 0.614. The number of methoxy groups -OCH3 is 1. The van der Waals surface area contributed by atoms with Gasteiger partial charge in [0.2, 0.25) is 10.0 Å². The summed E-state index contributed by atoms with van der Waals surface area (Å²) in [7, 11) is -1.61. The van der Waals surface area contributed by atoms with Crippen molar-refractivity contribution in [3.8, 4) is 5.75 Å². The van der Waals surface area contributed by atoms with E-state index < -0.39 is 10.0 Å². The van der Waals surface area contributed by atoms with Gasteiger partial charge in [0.15, 0.2) is 0 Å². The average Bonchev–Trinajstić information content (AvgIpc) is 2.77. The summed E-state index contributed by atoms with van der Waals surface area (Å²) in [5.41, 5.74) is 7.33. The van der Waals surface area contributed by atoms with Crippen LogP contribution in [0.2, 0.25) is 0 Å². The van der Waals surface area contributed by atoms with Crippen molar-refractivity contribution in [2.24, 2.45) is 0 Å².